The summed E-state index contributed by atoms with van der Waals surface area (Å²) >= 11 is 1.78. The van der Waals surface area contributed by atoms with Crippen molar-refractivity contribution in [2.45, 2.75) is 52.4 Å². The van der Waals surface area contributed by atoms with Crippen LogP contribution in [0.2, 0.25) is 0 Å². The van der Waals surface area contributed by atoms with E-state index >= 15 is 0 Å². The Hall–Kier alpha value is -0.960. The molecule has 0 aromatic carbocycles. The fourth-order valence-corrected chi connectivity index (χ4v) is 2.59. The third kappa shape index (κ3) is 2.49. The van der Waals surface area contributed by atoms with Crippen LogP contribution in [0.1, 0.15) is 52.2 Å². The summed E-state index contributed by atoms with van der Waals surface area (Å²) in [5.41, 5.74) is 2.37. The molecule has 0 amide bonds. The topological polar surface area (TPSA) is 25.8 Å². The molecule has 0 radical (unpaired) electrons. The van der Waals surface area contributed by atoms with Gasteiger partial charge < -0.3 is 0 Å². The van der Waals surface area contributed by atoms with Gasteiger partial charge in [0.2, 0.25) is 0 Å². The first-order valence-corrected chi connectivity index (χ1v) is 6.77. The lowest BCUT2D eigenvalue weighted by Gasteiger charge is -2.16. The highest BCUT2D eigenvalue weighted by atomic mass is 32.1. The molecule has 0 saturated heterocycles. The van der Waals surface area contributed by atoms with Gasteiger partial charge in [-0.25, -0.2) is 4.98 Å². The van der Waals surface area contributed by atoms with Crippen LogP contribution in [0, 0.1) is 0 Å². The lowest BCUT2D eigenvalue weighted by atomic mass is 9.92. The Balaban J connectivity index is 2.56. The van der Waals surface area contributed by atoms with E-state index in [4.69, 9.17) is 0 Å². The van der Waals surface area contributed by atoms with Crippen LogP contribution in [-0.2, 0) is 10.8 Å². The molecule has 0 unspecified atom stereocenters. The maximum atomic E-state index is 4.66. The Morgan fingerprint density at radius 1 is 1.00 bits per heavy atom. The Labute approximate surface area is 107 Å². The molecule has 0 aliphatic carbocycles. The van der Waals surface area contributed by atoms with Gasteiger partial charge in [0.05, 0.1) is 21.4 Å². The third-order valence-electron chi connectivity index (χ3n) is 2.68. The lowest BCUT2D eigenvalue weighted by Crippen LogP contribution is -2.12. The highest BCUT2D eigenvalue weighted by Crippen LogP contribution is 2.32. The van der Waals surface area contributed by atoms with Crippen LogP contribution in [0.3, 0.4) is 0 Å². The predicted molar refractivity (Wildman–Crippen MR) is 74.8 cm³/mol. The van der Waals surface area contributed by atoms with Crippen molar-refractivity contribution in [2.24, 2.45) is 0 Å². The molecule has 0 aliphatic heterocycles. The number of hydrogen-bond donors (Lipinski definition) is 0. The molecule has 0 N–H and O–H groups in total. The van der Waals surface area contributed by atoms with E-state index in [2.05, 4.69) is 57.6 Å². The smallest absolute Gasteiger partial charge is 0.0999 e. The van der Waals surface area contributed by atoms with Crippen molar-refractivity contribution in [1.29, 1.82) is 0 Å². The average Bonchev–Trinajstić information content (AvgIpc) is 2.57. The van der Waals surface area contributed by atoms with Gasteiger partial charge in [-0.3, -0.25) is 4.98 Å². The van der Waals surface area contributed by atoms with Crippen molar-refractivity contribution in [3.05, 3.63) is 23.0 Å². The quantitative estimate of drug-likeness (QED) is 0.695. The molecule has 0 aliphatic rings. The van der Waals surface area contributed by atoms with Gasteiger partial charge in [0.1, 0.15) is 0 Å². The fraction of sp³-hybridized carbons (Fsp3) is 0.571. The second-order valence-corrected chi connectivity index (χ2v) is 7.59. The largest absolute Gasteiger partial charge is 0.258 e. The molecule has 92 valence electrons. The molecule has 2 nitrogen and oxygen atoms in total. The second kappa shape index (κ2) is 3.77. The number of hydrogen-bond acceptors (Lipinski definition) is 3. The first-order chi connectivity index (χ1) is 7.68. The zero-order valence-electron chi connectivity index (χ0n) is 11.5. The van der Waals surface area contributed by atoms with Crippen LogP contribution in [-0.4, -0.2) is 9.97 Å². The zero-order chi connectivity index (χ0) is 12.8. The summed E-state index contributed by atoms with van der Waals surface area (Å²) in [5.74, 6) is 0. The van der Waals surface area contributed by atoms with E-state index in [-0.39, 0.29) is 10.8 Å². The van der Waals surface area contributed by atoms with Crippen molar-refractivity contribution in [2.75, 3.05) is 0 Å². The van der Waals surface area contributed by atoms with Crippen molar-refractivity contribution < 1.29 is 0 Å². The molecule has 2 aromatic heterocycles. The number of rotatable bonds is 0. The summed E-state index contributed by atoms with van der Waals surface area (Å²) in [5, 5.41) is 1.18. The number of nitrogens with zero attached hydrogens (tertiary/aromatic N) is 2. The molecular formula is C14H20N2S. The van der Waals surface area contributed by atoms with Crippen LogP contribution in [0.25, 0.3) is 10.2 Å². The van der Waals surface area contributed by atoms with Crippen molar-refractivity contribution in [3.63, 3.8) is 0 Å². The van der Waals surface area contributed by atoms with E-state index in [9.17, 15) is 0 Å². The van der Waals surface area contributed by atoms with E-state index in [1.165, 1.54) is 9.71 Å². The van der Waals surface area contributed by atoms with Crippen LogP contribution < -0.4 is 0 Å². The molecule has 0 bridgehead atoms. The minimum atomic E-state index is 0.0973. The Morgan fingerprint density at radius 3 is 2.18 bits per heavy atom. The van der Waals surface area contributed by atoms with E-state index in [0.717, 1.165) is 11.2 Å². The van der Waals surface area contributed by atoms with Crippen LogP contribution in [0.15, 0.2) is 12.3 Å². The summed E-state index contributed by atoms with van der Waals surface area (Å²) in [4.78, 5) is 9.18. The van der Waals surface area contributed by atoms with Crippen molar-refractivity contribution in [3.8, 4) is 0 Å². The van der Waals surface area contributed by atoms with Gasteiger partial charge in [0, 0.05) is 16.5 Å². The van der Waals surface area contributed by atoms with E-state index in [1.807, 2.05) is 6.20 Å². The molecule has 0 saturated carbocycles. The Bertz CT molecular complexity index is 529. The summed E-state index contributed by atoms with van der Waals surface area (Å²) in [6.45, 7) is 13.2. The van der Waals surface area contributed by atoms with Gasteiger partial charge in [-0.05, 0) is 6.07 Å². The monoisotopic (exact) mass is 248 g/mol. The van der Waals surface area contributed by atoms with Gasteiger partial charge in [-0.1, -0.05) is 41.5 Å². The van der Waals surface area contributed by atoms with Gasteiger partial charge in [0.15, 0.2) is 0 Å². The number of fused-ring (bicyclic) bond motifs is 1. The number of thiazole rings is 1. The Morgan fingerprint density at radius 2 is 1.65 bits per heavy atom. The number of aromatic nitrogens is 2. The summed E-state index contributed by atoms with van der Waals surface area (Å²) in [7, 11) is 0. The first-order valence-electron chi connectivity index (χ1n) is 5.95. The molecule has 3 heteroatoms. The second-order valence-electron chi connectivity index (χ2n) is 6.56. The molecule has 17 heavy (non-hydrogen) atoms. The summed E-state index contributed by atoms with van der Waals surface area (Å²) in [6, 6.07) is 2.18. The molecule has 2 heterocycles. The van der Waals surface area contributed by atoms with Crippen LogP contribution in [0.4, 0.5) is 0 Å². The van der Waals surface area contributed by atoms with E-state index in [1.54, 1.807) is 11.3 Å². The SMILES string of the molecule is CC(C)(C)c1cc2sc(C(C)(C)C)nc2cn1. The van der Waals surface area contributed by atoms with Crippen LogP contribution >= 0.6 is 11.3 Å². The molecule has 0 spiro atoms. The normalized spacial score (nSPS) is 13.3. The molecule has 2 aromatic rings. The molecule has 0 fully saturated rings. The van der Waals surface area contributed by atoms with Gasteiger partial charge in [-0.15, -0.1) is 11.3 Å². The van der Waals surface area contributed by atoms with Crippen molar-refractivity contribution >= 4 is 21.6 Å². The molecular weight excluding hydrogens is 228 g/mol. The third-order valence-corrected chi connectivity index (χ3v) is 4.13. The fourth-order valence-electron chi connectivity index (χ4n) is 1.56. The zero-order valence-corrected chi connectivity index (χ0v) is 12.3. The summed E-state index contributed by atoms with van der Waals surface area (Å²) in [6.07, 6.45) is 1.90. The van der Waals surface area contributed by atoms with Gasteiger partial charge in [-0.2, -0.15) is 0 Å². The minimum Gasteiger partial charge on any atom is -0.258 e. The predicted octanol–water partition coefficient (Wildman–Crippen LogP) is 4.29. The number of pyridine rings is 1. The average molecular weight is 248 g/mol. The van der Waals surface area contributed by atoms with Gasteiger partial charge >= 0.3 is 0 Å². The van der Waals surface area contributed by atoms with Crippen LogP contribution in [0.5, 0.6) is 0 Å². The van der Waals surface area contributed by atoms with Gasteiger partial charge in [0.25, 0.3) is 0 Å². The Kier molecular flexibility index (Phi) is 2.77. The molecule has 0 atom stereocenters. The first kappa shape index (κ1) is 12.5. The van der Waals surface area contributed by atoms with E-state index < -0.39 is 0 Å². The highest BCUT2D eigenvalue weighted by Gasteiger charge is 2.21. The van der Waals surface area contributed by atoms with E-state index in [0.29, 0.717) is 0 Å². The van der Waals surface area contributed by atoms with Crippen molar-refractivity contribution in [1.82, 2.24) is 9.97 Å². The highest BCUT2D eigenvalue weighted by molar-refractivity contribution is 7.18. The summed E-state index contributed by atoms with van der Waals surface area (Å²) < 4.78 is 1.25. The molecule has 2 rings (SSSR count). The maximum absolute atomic E-state index is 4.66. The minimum absolute atomic E-state index is 0.0973. The maximum Gasteiger partial charge on any atom is 0.0999 e. The standard InChI is InChI=1S/C14H20N2S/c1-13(2,3)11-7-10-9(8-15-11)16-12(17-10)14(4,5)6/h7-8H,1-6H3. The lowest BCUT2D eigenvalue weighted by molar-refractivity contribution is 0.570.